The molecule has 2 rings (SSSR count). The van der Waals surface area contributed by atoms with Crippen molar-refractivity contribution in [2.75, 3.05) is 6.54 Å². The molecule has 0 spiro atoms. The first-order chi connectivity index (χ1) is 7.65. The Bertz CT molecular complexity index is 379. The third kappa shape index (κ3) is 2.38. The van der Waals surface area contributed by atoms with Crippen molar-refractivity contribution >= 4 is 15.9 Å². The number of ether oxygens (including phenoxy) is 1. The predicted molar refractivity (Wildman–Crippen MR) is 65.0 cm³/mol. The Morgan fingerprint density at radius 3 is 2.69 bits per heavy atom. The number of rotatable bonds is 4. The highest BCUT2D eigenvalue weighted by atomic mass is 79.9. The van der Waals surface area contributed by atoms with Crippen molar-refractivity contribution in [1.29, 1.82) is 0 Å². The summed E-state index contributed by atoms with van der Waals surface area (Å²) in [6.45, 7) is 0.627. The summed E-state index contributed by atoms with van der Waals surface area (Å²) in [5.74, 6) is 0.440. The van der Waals surface area contributed by atoms with Gasteiger partial charge in [0.1, 0.15) is 17.2 Å². The van der Waals surface area contributed by atoms with Gasteiger partial charge in [-0.25, -0.2) is 4.39 Å². The molecule has 2 N–H and O–H groups in total. The first-order valence-electron chi connectivity index (χ1n) is 5.49. The van der Waals surface area contributed by atoms with E-state index < -0.39 is 0 Å². The van der Waals surface area contributed by atoms with Crippen molar-refractivity contribution in [3.8, 4) is 5.75 Å². The van der Waals surface area contributed by atoms with Crippen LogP contribution >= 0.6 is 15.9 Å². The van der Waals surface area contributed by atoms with Crippen molar-refractivity contribution in [3.63, 3.8) is 0 Å². The van der Waals surface area contributed by atoms with Crippen LogP contribution in [-0.4, -0.2) is 12.1 Å². The number of hydrogen-bond acceptors (Lipinski definition) is 2. The van der Waals surface area contributed by atoms with Gasteiger partial charge in [-0.3, -0.25) is 0 Å². The van der Waals surface area contributed by atoms with E-state index in [9.17, 15) is 4.39 Å². The minimum Gasteiger partial charge on any atom is -0.487 e. The summed E-state index contributed by atoms with van der Waals surface area (Å²) < 4.78 is 19.4. The molecule has 1 aromatic rings. The van der Waals surface area contributed by atoms with Crippen LogP contribution in [0.2, 0.25) is 0 Å². The van der Waals surface area contributed by atoms with Crippen molar-refractivity contribution < 1.29 is 9.13 Å². The van der Waals surface area contributed by atoms with E-state index in [-0.39, 0.29) is 11.4 Å². The maximum Gasteiger partial charge on any atom is 0.137 e. The predicted octanol–water partition coefficient (Wildman–Crippen LogP) is 3.24. The lowest BCUT2D eigenvalue weighted by atomic mass is 9.77. The van der Waals surface area contributed by atoms with Gasteiger partial charge in [0, 0.05) is 0 Å². The van der Waals surface area contributed by atoms with E-state index in [0.29, 0.717) is 16.8 Å². The minimum atomic E-state index is -0.270. The van der Waals surface area contributed by atoms with Crippen LogP contribution in [0.25, 0.3) is 0 Å². The van der Waals surface area contributed by atoms with Crippen LogP contribution in [0.15, 0.2) is 22.7 Å². The van der Waals surface area contributed by atoms with E-state index in [1.54, 1.807) is 12.1 Å². The van der Waals surface area contributed by atoms with Crippen LogP contribution in [0.5, 0.6) is 5.75 Å². The van der Waals surface area contributed by atoms with E-state index in [4.69, 9.17) is 10.5 Å². The van der Waals surface area contributed by atoms with E-state index in [2.05, 4.69) is 15.9 Å². The maximum absolute atomic E-state index is 13.1. The van der Waals surface area contributed by atoms with Crippen molar-refractivity contribution in [2.24, 2.45) is 5.73 Å². The molecular formula is C12H15BrFNO. The Hall–Kier alpha value is -0.610. The van der Waals surface area contributed by atoms with Crippen LogP contribution in [0.4, 0.5) is 4.39 Å². The first-order valence-corrected chi connectivity index (χ1v) is 6.29. The third-order valence-electron chi connectivity index (χ3n) is 3.09. The monoisotopic (exact) mass is 287 g/mol. The van der Waals surface area contributed by atoms with Crippen LogP contribution in [0.3, 0.4) is 0 Å². The Balaban J connectivity index is 2.10. The number of benzene rings is 1. The largest absolute Gasteiger partial charge is 0.487 e. The van der Waals surface area contributed by atoms with Crippen LogP contribution < -0.4 is 10.5 Å². The fourth-order valence-electron chi connectivity index (χ4n) is 2.03. The van der Waals surface area contributed by atoms with E-state index >= 15 is 0 Å². The summed E-state index contributed by atoms with van der Waals surface area (Å²) in [4.78, 5) is 0. The van der Waals surface area contributed by atoms with E-state index in [0.717, 1.165) is 19.3 Å². The van der Waals surface area contributed by atoms with Crippen LogP contribution in [0.1, 0.15) is 25.7 Å². The normalized spacial score (nSPS) is 17.9. The highest BCUT2D eigenvalue weighted by Gasteiger charge is 2.38. The van der Waals surface area contributed by atoms with Gasteiger partial charge in [0.05, 0.1) is 4.47 Å². The molecule has 0 bridgehead atoms. The zero-order valence-corrected chi connectivity index (χ0v) is 10.6. The molecule has 0 aromatic heterocycles. The third-order valence-corrected chi connectivity index (χ3v) is 3.70. The SMILES string of the molecule is NCCC1(Oc2ccc(F)c(Br)c2)CCC1. The number of nitrogens with two attached hydrogens (primary N) is 1. The van der Waals surface area contributed by atoms with Gasteiger partial charge in [-0.1, -0.05) is 0 Å². The van der Waals surface area contributed by atoms with Crippen molar-refractivity contribution in [1.82, 2.24) is 0 Å². The van der Waals surface area contributed by atoms with Gasteiger partial charge in [-0.15, -0.1) is 0 Å². The van der Waals surface area contributed by atoms with Crippen molar-refractivity contribution in [2.45, 2.75) is 31.3 Å². The zero-order valence-electron chi connectivity index (χ0n) is 9.01. The lowest BCUT2D eigenvalue weighted by Gasteiger charge is -2.41. The Morgan fingerprint density at radius 2 is 2.19 bits per heavy atom. The highest BCUT2D eigenvalue weighted by Crippen LogP contribution is 2.39. The first kappa shape index (κ1) is 11.9. The Labute approximate surface area is 103 Å². The average Bonchev–Trinajstić information content (AvgIpc) is 2.20. The smallest absolute Gasteiger partial charge is 0.137 e. The summed E-state index contributed by atoms with van der Waals surface area (Å²) in [6.07, 6.45) is 4.13. The van der Waals surface area contributed by atoms with Gasteiger partial charge in [0.15, 0.2) is 0 Å². The molecule has 1 saturated carbocycles. The summed E-state index contributed by atoms with van der Waals surface area (Å²) in [7, 11) is 0. The van der Waals surface area contributed by atoms with Gasteiger partial charge in [0.25, 0.3) is 0 Å². The molecular weight excluding hydrogens is 273 g/mol. The molecule has 0 radical (unpaired) electrons. The Kier molecular flexibility index (Phi) is 3.50. The second kappa shape index (κ2) is 4.72. The molecule has 0 heterocycles. The topological polar surface area (TPSA) is 35.2 Å². The highest BCUT2D eigenvalue weighted by molar-refractivity contribution is 9.10. The molecule has 4 heteroatoms. The molecule has 0 unspecified atom stereocenters. The lowest BCUT2D eigenvalue weighted by Crippen LogP contribution is -2.44. The summed E-state index contributed by atoms with van der Waals surface area (Å²) >= 11 is 3.15. The van der Waals surface area contributed by atoms with Crippen LogP contribution in [-0.2, 0) is 0 Å². The molecule has 0 aliphatic heterocycles. The molecule has 16 heavy (non-hydrogen) atoms. The summed E-state index contributed by atoms with van der Waals surface area (Å²) in [5, 5.41) is 0. The summed E-state index contributed by atoms with van der Waals surface area (Å²) in [5.41, 5.74) is 5.48. The number of hydrogen-bond donors (Lipinski definition) is 1. The Morgan fingerprint density at radius 1 is 1.44 bits per heavy atom. The molecule has 1 aliphatic rings. The van der Waals surface area contributed by atoms with E-state index in [1.165, 1.54) is 12.5 Å². The van der Waals surface area contributed by atoms with Crippen molar-refractivity contribution in [3.05, 3.63) is 28.5 Å². The second-order valence-corrected chi connectivity index (χ2v) is 5.11. The molecule has 1 aliphatic carbocycles. The average molecular weight is 288 g/mol. The molecule has 0 saturated heterocycles. The fourth-order valence-corrected chi connectivity index (χ4v) is 2.39. The fraction of sp³-hybridized carbons (Fsp3) is 0.500. The van der Waals surface area contributed by atoms with Gasteiger partial charge < -0.3 is 10.5 Å². The molecule has 1 aromatic carbocycles. The number of halogens is 2. The summed E-state index contributed by atoms with van der Waals surface area (Å²) in [6, 6.07) is 4.75. The van der Waals surface area contributed by atoms with E-state index in [1.807, 2.05) is 0 Å². The lowest BCUT2D eigenvalue weighted by molar-refractivity contribution is -0.0126. The standard InChI is InChI=1S/C12H15BrFNO/c13-10-8-9(2-3-11(10)14)16-12(6-7-15)4-1-5-12/h2-3,8H,1,4-7,15H2. The second-order valence-electron chi connectivity index (χ2n) is 4.25. The molecule has 0 atom stereocenters. The maximum atomic E-state index is 13.1. The minimum absolute atomic E-state index is 0.105. The molecule has 0 amide bonds. The van der Waals surface area contributed by atoms with Crippen LogP contribution in [0, 0.1) is 5.82 Å². The zero-order chi connectivity index (χ0) is 11.6. The van der Waals surface area contributed by atoms with Gasteiger partial charge >= 0.3 is 0 Å². The molecule has 2 nitrogen and oxygen atoms in total. The van der Waals surface area contributed by atoms with Gasteiger partial charge in [-0.05, 0) is 66.4 Å². The quantitative estimate of drug-likeness (QED) is 0.923. The van der Waals surface area contributed by atoms with Gasteiger partial charge in [0.2, 0.25) is 0 Å². The van der Waals surface area contributed by atoms with Gasteiger partial charge in [-0.2, -0.15) is 0 Å². The molecule has 1 fully saturated rings. The molecule has 88 valence electrons.